The Balaban J connectivity index is 2.35. The van der Waals surface area contributed by atoms with Crippen molar-refractivity contribution in [3.8, 4) is 0 Å². The van der Waals surface area contributed by atoms with Crippen LogP contribution in [0.2, 0.25) is 0 Å². The first-order valence-corrected chi connectivity index (χ1v) is 7.51. The topological polar surface area (TPSA) is 54.5 Å². The number of rotatable bonds is 7. The normalized spacial score (nSPS) is 11.2. The van der Waals surface area contributed by atoms with Gasteiger partial charge in [-0.1, -0.05) is 13.0 Å². The first-order chi connectivity index (χ1) is 9.92. The molecule has 1 aromatic rings. The van der Waals surface area contributed by atoms with Gasteiger partial charge in [0.15, 0.2) is 0 Å². The third-order valence-electron chi connectivity index (χ3n) is 2.74. The zero-order valence-corrected chi connectivity index (χ0v) is 13.6. The van der Waals surface area contributed by atoms with Crippen LogP contribution in [0.15, 0.2) is 24.4 Å². The number of aromatic nitrogens is 1. The third kappa shape index (κ3) is 7.66. The summed E-state index contributed by atoms with van der Waals surface area (Å²) >= 11 is 0. The van der Waals surface area contributed by atoms with Crippen LogP contribution in [0.1, 0.15) is 39.8 Å². The molecule has 1 aromatic heterocycles. The summed E-state index contributed by atoms with van der Waals surface area (Å²) in [6, 6.07) is 5.84. The molecule has 5 nitrogen and oxygen atoms in total. The van der Waals surface area contributed by atoms with Crippen molar-refractivity contribution >= 4 is 6.09 Å². The maximum absolute atomic E-state index is 12.1. The van der Waals surface area contributed by atoms with E-state index in [0.29, 0.717) is 19.6 Å². The van der Waals surface area contributed by atoms with E-state index in [-0.39, 0.29) is 6.09 Å². The number of nitrogens with zero attached hydrogens (tertiary/aromatic N) is 2. The van der Waals surface area contributed by atoms with Crippen LogP contribution >= 0.6 is 0 Å². The molecule has 1 N–H and O–H groups in total. The fraction of sp³-hybridized carbons (Fsp3) is 0.625. The van der Waals surface area contributed by atoms with Gasteiger partial charge in [0.1, 0.15) is 5.60 Å². The molecular weight excluding hydrogens is 266 g/mol. The Morgan fingerprint density at radius 2 is 2.10 bits per heavy atom. The number of pyridine rings is 1. The number of nitrogens with one attached hydrogen (secondary N) is 1. The molecule has 1 amide bonds. The van der Waals surface area contributed by atoms with Gasteiger partial charge in [-0.15, -0.1) is 0 Å². The molecule has 0 saturated heterocycles. The van der Waals surface area contributed by atoms with Gasteiger partial charge >= 0.3 is 6.09 Å². The SMILES string of the molecule is CCCN(CCNCc1ccccn1)C(=O)OC(C)(C)C. The number of hydrogen-bond donors (Lipinski definition) is 1. The highest BCUT2D eigenvalue weighted by Crippen LogP contribution is 2.10. The Kier molecular flexibility index (Phi) is 7.15. The molecule has 0 radical (unpaired) electrons. The predicted octanol–water partition coefficient (Wildman–Crippen LogP) is 2.82. The summed E-state index contributed by atoms with van der Waals surface area (Å²) in [6.45, 7) is 10.5. The molecule has 1 heterocycles. The predicted molar refractivity (Wildman–Crippen MR) is 84.0 cm³/mol. The molecule has 0 aliphatic carbocycles. The van der Waals surface area contributed by atoms with Gasteiger partial charge in [0, 0.05) is 32.4 Å². The standard InChI is InChI=1S/C16H27N3O2/c1-5-11-19(15(20)21-16(2,3)4)12-10-17-13-14-8-6-7-9-18-14/h6-9,17H,5,10-13H2,1-4H3. The second-order valence-corrected chi connectivity index (χ2v) is 5.97. The van der Waals surface area contributed by atoms with Crippen LogP contribution in [0.3, 0.4) is 0 Å². The van der Waals surface area contributed by atoms with Gasteiger partial charge in [-0.2, -0.15) is 0 Å². The molecule has 0 aliphatic heterocycles. The van der Waals surface area contributed by atoms with Gasteiger partial charge in [-0.05, 0) is 39.3 Å². The zero-order valence-electron chi connectivity index (χ0n) is 13.6. The van der Waals surface area contributed by atoms with Crippen molar-refractivity contribution < 1.29 is 9.53 Å². The largest absolute Gasteiger partial charge is 0.444 e. The smallest absolute Gasteiger partial charge is 0.410 e. The van der Waals surface area contributed by atoms with Crippen molar-refractivity contribution in [2.45, 2.75) is 46.3 Å². The van der Waals surface area contributed by atoms with Gasteiger partial charge < -0.3 is 15.0 Å². The highest BCUT2D eigenvalue weighted by Gasteiger charge is 2.21. The van der Waals surface area contributed by atoms with E-state index in [1.165, 1.54) is 0 Å². The summed E-state index contributed by atoms with van der Waals surface area (Å²) in [4.78, 5) is 18.1. The molecule has 1 rings (SSSR count). The van der Waals surface area contributed by atoms with Crippen molar-refractivity contribution in [1.29, 1.82) is 0 Å². The van der Waals surface area contributed by atoms with Gasteiger partial charge in [0.2, 0.25) is 0 Å². The molecule has 0 bridgehead atoms. The Hall–Kier alpha value is -1.62. The average Bonchev–Trinajstić information content (AvgIpc) is 2.41. The van der Waals surface area contributed by atoms with Crippen molar-refractivity contribution in [3.63, 3.8) is 0 Å². The van der Waals surface area contributed by atoms with Crippen molar-refractivity contribution in [3.05, 3.63) is 30.1 Å². The Morgan fingerprint density at radius 3 is 2.67 bits per heavy atom. The lowest BCUT2D eigenvalue weighted by Crippen LogP contribution is -2.40. The highest BCUT2D eigenvalue weighted by molar-refractivity contribution is 5.68. The molecule has 0 aromatic carbocycles. The van der Waals surface area contributed by atoms with E-state index >= 15 is 0 Å². The summed E-state index contributed by atoms with van der Waals surface area (Å²) in [5, 5.41) is 3.30. The highest BCUT2D eigenvalue weighted by atomic mass is 16.6. The number of amides is 1. The lowest BCUT2D eigenvalue weighted by molar-refractivity contribution is 0.0252. The third-order valence-corrected chi connectivity index (χ3v) is 2.74. The molecule has 118 valence electrons. The fourth-order valence-corrected chi connectivity index (χ4v) is 1.82. The number of ether oxygens (including phenoxy) is 1. The van der Waals surface area contributed by atoms with Crippen LogP contribution in [-0.4, -0.2) is 41.2 Å². The first kappa shape index (κ1) is 17.4. The molecular formula is C16H27N3O2. The van der Waals surface area contributed by atoms with Crippen LogP contribution < -0.4 is 5.32 Å². The summed E-state index contributed by atoms with van der Waals surface area (Å²) < 4.78 is 5.41. The lowest BCUT2D eigenvalue weighted by atomic mass is 10.2. The summed E-state index contributed by atoms with van der Waals surface area (Å²) in [6.07, 6.45) is 2.45. The van der Waals surface area contributed by atoms with Crippen LogP contribution in [0.4, 0.5) is 4.79 Å². The Labute approximate surface area is 127 Å². The van der Waals surface area contributed by atoms with Gasteiger partial charge in [-0.25, -0.2) is 4.79 Å². The number of carbonyl (C=O) groups is 1. The van der Waals surface area contributed by atoms with Crippen molar-refractivity contribution in [1.82, 2.24) is 15.2 Å². The number of hydrogen-bond acceptors (Lipinski definition) is 4. The second kappa shape index (κ2) is 8.62. The van der Waals surface area contributed by atoms with E-state index in [1.54, 1.807) is 11.1 Å². The molecule has 0 saturated carbocycles. The fourth-order valence-electron chi connectivity index (χ4n) is 1.82. The second-order valence-electron chi connectivity index (χ2n) is 5.97. The van der Waals surface area contributed by atoms with Crippen LogP contribution in [-0.2, 0) is 11.3 Å². The van der Waals surface area contributed by atoms with E-state index in [9.17, 15) is 4.79 Å². The van der Waals surface area contributed by atoms with E-state index in [0.717, 1.165) is 18.7 Å². The summed E-state index contributed by atoms with van der Waals surface area (Å²) in [7, 11) is 0. The average molecular weight is 293 g/mol. The minimum atomic E-state index is -0.454. The van der Waals surface area contributed by atoms with E-state index in [1.807, 2.05) is 39.0 Å². The zero-order chi connectivity index (χ0) is 15.7. The molecule has 0 fully saturated rings. The quantitative estimate of drug-likeness (QED) is 0.785. The maximum atomic E-state index is 12.1. The molecule has 0 aliphatic rings. The minimum absolute atomic E-state index is 0.246. The van der Waals surface area contributed by atoms with Crippen LogP contribution in [0, 0.1) is 0 Å². The van der Waals surface area contributed by atoms with Crippen molar-refractivity contribution in [2.24, 2.45) is 0 Å². The van der Waals surface area contributed by atoms with Gasteiger partial charge in [-0.3, -0.25) is 4.98 Å². The monoisotopic (exact) mass is 293 g/mol. The van der Waals surface area contributed by atoms with E-state index in [2.05, 4.69) is 17.2 Å². The molecule has 5 heteroatoms. The number of carbonyl (C=O) groups excluding carboxylic acids is 1. The molecule has 0 unspecified atom stereocenters. The maximum Gasteiger partial charge on any atom is 0.410 e. The Morgan fingerprint density at radius 1 is 1.33 bits per heavy atom. The van der Waals surface area contributed by atoms with E-state index in [4.69, 9.17) is 4.74 Å². The molecule has 0 atom stereocenters. The van der Waals surface area contributed by atoms with Gasteiger partial charge in [0.05, 0.1) is 5.69 Å². The van der Waals surface area contributed by atoms with Crippen LogP contribution in [0.5, 0.6) is 0 Å². The summed E-state index contributed by atoms with van der Waals surface area (Å²) in [5.74, 6) is 0. The Bertz CT molecular complexity index is 415. The summed E-state index contributed by atoms with van der Waals surface area (Å²) in [5.41, 5.74) is 0.543. The van der Waals surface area contributed by atoms with Crippen LogP contribution in [0.25, 0.3) is 0 Å². The lowest BCUT2D eigenvalue weighted by Gasteiger charge is -2.27. The molecule has 0 spiro atoms. The minimum Gasteiger partial charge on any atom is -0.444 e. The van der Waals surface area contributed by atoms with E-state index < -0.39 is 5.60 Å². The van der Waals surface area contributed by atoms with Gasteiger partial charge in [0.25, 0.3) is 0 Å². The first-order valence-electron chi connectivity index (χ1n) is 7.51. The molecule has 21 heavy (non-hydrogen) atoms. The van der Waals surface area contributed by atoms with Crippen molar-refractivity contribution in [2.75, 3.05) is 19.6 Å².